The molecule has 6 nitrogen and oxygen atoms in total. The molecule has 21 heavy (non-hydrogen) atoms. The number of anilines is 1. The lowest BCUT2D eigenvalue weighted by Gasteiger charge is -2.17. The summed E-state index contributed by atoms with van der Waals surface area (Å²) in [6, 6.07) is 5.92. The second-order valence-corrected chi connectivity index (χ2v) is 4.94. The fourth-order valence-electron chi connectivity index (χ4n) is 2.59. The van der Waals surface area contributed by atoms with Crippen LogP contribution in [0, 0.1) is 0 Å². The smallest absolute Gasteiger partial charge is 0.376 e. The SMILES string of the molecule is COC(=O)c1nccc(N2CCC(c3ccncc3)C2)n1. The largest absolute Gasteiger partial charge is 0.463 e. The van der Waals surface area contributed by atoms with Crippen molar-refractivity contribution in [3.8, 4) is 0 Å². The summed E-state index contributed by atoms with van der Waals surface area (Å²) in [6.45, 7) is 1.78. The Morgan fingerprint density at radius 3 is 2.86 bits per heavy atom. The molecule has 1 atom stereocenters. The summed E-state index contributed by atoms with van der Waals surface area (Å²) in [4.78, 5) is 25.9. The van der Waals surface area contributed by atoms with Crippen LogP contribution in [0.5, 0.6) is 0 Å². The van der Waals surface area contributed by atoms with Crippen LogP contribution in [0.15, 0.2) is 36.8 Å². The zero-order valence-electron chi connectivity index (χ0n) is 11.8. The Hall–Kier alpha value is -2.50. The predicted octanol–water partition coefficient (Wildman–Crippen LogP) is 1.65. The van der Waals surface area contributed by atoms with Crippen molar-refractivity contribution in [1.82, 2.24) is 15.0 Å². The number of hydrogen-bond acceptors (Lipinski definition) is 6. The minimum absolute atomic E-state index is 0.0994. The maximum atomic E-state index is 11.5. The summed E-state index contributed by atoms with van der Waals surface area (Å²) in [7, 11) is 1.33. The topological polar surface area (TPSA) is 68.2 Å². The Bertz CT molecular complexity index is 633. The van der Waals surface area contributed by atoms with E-state index in [-0.39, 0.29) is 5.82 Å². The second-order valence-electron chi connectivity index (χ2n) is 4.94. The minimum Gasteiger partial charge on any atom is -0.463 e. The minimum atomic E-state index is -0.512. The van der Waals surface area contributed by atoms with Gasteiger partial charge < -0.3 is 9.64 Å². The van der Waals surface area contributed by atoms with Gasteiger partial charge in [-0.1, -0.05) is 0 Å². The van der Waals surface area contributed by atoms with E-state index >= 15 is 0 Å². The molecule has 3 rings (SSSR count). The zero-order chi connectivity index (χ0) is 14.7. The molecule has 6 heteroatoms. The highest BCUT2D eigenvalue weighted by atomic mass is 16.5. The predicted molar refractivity (Wildman–Crippen MR) is 77.2 cm³/mol. The molecule has 0 aliphatic carbocycles. The van der Waals surface area contributed by atoms with Crippen molar-refractivity contribution in [3.63, 3.8) is 0 Å². The molecule has 2 aromatic rings. The third kappa shape index (κ3) is 2.84. The molecular formula is C15H16N4O2. The molecule has 1 fully saturated rings. The maximum Gasteiger partial charge on any atom is 0.376 e. The molecule has 0 bridgehead atoms. The fraction of sp³-hybridized carbons (Fsp3) is 0.333. The third-order valence-corrected chi connectivity index (χ3v) is 3.70. The number of aromatic nitrogens is 3. The number of carbonyl (C=O) groups is 1. The van der Waals surface area contributed by atoms with E-state index in [4.69, 9.17) is 0 Å². The quantitative estimate of drug-likeness (QED) is 0.798. The van der Waals surface area contributed by atoms with Gasteiger partial charge in [0.05, 0.1) is 7.11 Å². The molecule has 1 unspecified atom stereocenters. The van der Waals surface area contributed by atoms with Gasteiger partial charge in [0, 0.05) is 37.6 Å². The van der Waals surface area contributed by atoms with Crippen LogP contribution in [0.2, 0.25) is 0 Å². The van der Waals surface area contributed by atoms with Crippen molar-refractivity contribution < 1.29 is 9.53 Å². The van der Waals surface area contributed by atoms with Gasteiger partial charge in [-0.05, 0) is 30.2 Å². The number of esters is 1. The Balaban J connectivity index is 1.76. The second kappa shape index (κ2) is 5.87. The molecule has 1 aliphatic heterocycles. The standard InChI is InChI=1S/C15H16N4O2/c1-21-15(20)14-17-8-4-13(18-14)19-9-5-12(10-19)11-2-6-16-7-3-11/h2-4,6-8,12H,5,9-10H2,1H3. The molecule has 0 radical (unpaired) electrons. The van der Waals surface area contributed by atoms with E-state index in [2.05, 4.69) is 24.6 Å². The molecule has 0 aromatic carbocycles. The van der Waals surface area contributed by atoms with Crippen LogP contribution in [0.4, 0.5) is 5.82 Å². The van der Waals surface area contributed by atoms with E-state index in [9.17, 15) is 4.79 Å². The van der Waals surface area contributed by atoms with Gasteiger partial charge in [0.15, 0.2) is 0 Å². The number of nitrogens with zero attached hydrogens (tertiary/aromatic N) is 4. The Labute approximate surface area is 122 Å². The van der Waals surface area contributed by atoms with Gasteiger partial charge >= 0.3 is 5.97 Å². The summed E-state index contributed by atoms with van der Waals surface area (Å²) in [6.07, 6.45) is 6.28. The van der Waals surface area contributed by atoms with E-state index in [0.717, 1.165) is 25.3 Å². The summed E-state index contributed by atoms with van der Waals surface area (Å²) >= 11 is 0. The van der Waals surface area contributed by atoms with E-state index in [1.54, 1.807) is 6.20 Å². The first-order chi connectivity index (χ1) is 10.3. The van der Waals surface area contributed by atoms with Gasteiger partial charge in [0.1, 0.15) is 5.82 Å². The summed E-state index contributed by atoms with van der Waals surface area (Å²) in [5.74, 6) is 0.815. The van der Waals surface area contributed by atoms with Crippen LogP contribution < -0.4 is 4.90 Å². The van der Waals surface area contributed by atoms with E-state index in [0.29, 0.717) is 5.92 Å². The fourth-order valence-corrected chi connectivity index (χ4v) is 2.59. The van der Waals surface area contributed by atoms with Crippen LogP contribution in [0.25, 0.3) is 0 Å². The van der Waals surface area contributed by atoms with Gasteiger partial charge in [0.2, 0.25) is 5.82 Å². The molecule has 0 N–H and O–H groups in total. The highest BCUT2D eigenvalue weighted by Gasteiger charge is 2.25. The van der Waals surface area contributed by atoms with Crippen LogP contribution in [0.3, 0.4) is 0 Å². The van der Waals surface area contributed by atoms with Gasteiger partial charge in [-0.25, -0.2) is 14.8 Å². The monoisotopic (exact) mass is 284 g/mol. The highest BCUT2D eigenvalue weighted by Crippen LogP contribution is 2.29. The lowest BCUT2D eigenvalue weighted by Crippen LogP contribution is -2.22. The number of hydrogen-bond donors (Lipinski definition) is 0. The number of pyridine rings is 1. The first-order valence-electron chi connectivity index (χ1n) is 6.84. The lowest BCUT2D eigenvalue weighted by molar-refractivity contribution is 0.0587. The van der Waals surface area contributed by atoms with Crippen LogP contribution in [-0.4, -0.2) is 41.1 Å². The van der Waals surface area contributed by atoms with Gasteiger partial charge in [0.25, 0.3) is 0 Å². The van der Waals surface area contributed by atoms with Crippen LogP contribution >= 0.6 is 0 Å². The van der Waals surface area contributed by atoms with Gasteiger partial charge in [-0.15, -0.1) is 0 Å². The molecule has 0 saturated carbocycles. The molecule has 1 aliphatic rings. The number of ether oxygens (including phenoxy) is 1. The molecule has 0 spiro atoms. The maximum absolute atomic E-state index is 11.5. The first-order valence-corrected chi connectivity index (χ1v) is 6.84. The van der Waals surface area contributed by atoms with Crippen LogP contribution in [0.1, 0.15) is 28.5 Å². The Morgan fingerprint density at radius 1 is 1.29 bits per heavy atom. The van der Waals surface area contributed by atoms with Crippen LogP contribution in [-0.2, 0) is 4.74 Å². The van der Waals surface area contributed by atoms with E-state index in [1.165, 1.54) is 12.7 Å². The summed E-state index contributed by atoms with van der Waals surface area (Å²) in [5.41, 5.74) is 1.29. The highest BCUT2D eigenvalue weighted by molar-refractivity contribution is 5.85. The van der Waals surface area contributed by atoms with Crippen molar-refractivity contribution in [2.24, 2.45) is 0 Å². The number of rotatable bonds is 3. The number of methoxy groups -OCH3 is 1. The van der Waals surface area contributed by atoms with Crippen molar-refractivity contribution in [1.29, 1.82) is 0 Å². The molecule has 0 amide bonds. The zero-order valence-corrected chi connectivity index (χ0v) is 11.8. The van der Waals surface area contributed by atoms with Crippen molar-refractivity contribution in [2.75, 3.05) is 25.1 Å². The van der Waals surface area contributed by atoms with E-state index < -0.39 is 5.97 Å². The van der Waals surface area contributed by atoms with Crippen molar-refractivity contribution in [2.45, 2.75) is 12.3 Å². The normalized spacial score (nSPS) is 17.8. The molecular weight excluding hydrogens is 268 g/mol. The Kier molecular flexibility index (Phi) is 3.77. The number of carbonyl (C=O) groups excluding carboxylic acids is 1. The summed E-state index contributed by atoms with van der Waals surface area (Å²) in [5, 5.41) is 0. The first kappa shape index (κ1) is 13.5. The molecule has 108 valence electrons. The lowest BCUT2D eigenvalue weighted by atomic mass is 10.00. The van der Waals surface area contributed by atoms with Crippen molar-refractivity contribution in [3.05, 3.63) is 48.2 Å². The average molecular weight is 284 g/mol. The molecule has 1 saturated heterocycles. The molecule has 3 heterocycles. The third-order valence-electron chi connectivity index (χ3n) is 3.70. The van der Waals surface area contributed by atoms with Gasteiger partial charge in [-0.3, -0.25) is 4.98 Å². The van der Waals surface area contributed by atoms with E-state index in [1.807, 2.05) is 30.6 Å². The Morgan fingerprint density at radius 2 is 2.10 bits per heavy atom. The van der Waals surface area contributed by atoms with Crippen molar-refractivity contribution >= 4 is 11.8 Å². The molecule has 2 aromatic heterocycles. The average Bonchev–Trinajstić information content (AvgIpc) is 3.05. The van der Waals surface area contributed by atoms with Gasteiger partial charge in [-0.2, -0.15) is 0 Å². The summed E-state index contributed by atoms with van der Waals surface area (Å²) < 4.78 is 4.65.